The Hall–Kier alpha value is -1.75. The first kappa shape index (κ1) is 12.7. The van der Waals surface area contributed by atoms with Gasteiger partial charge < -0.3 is 21.1 Å². The molecule has 0 spiro atoms. The molecule has 1 fully saturated rings. The lowest BCUT2D eigenvalue weighted by Crippen LogP contribution is -2.44. The van der Waals surface area contributed by atoms with E-state index in [9.17, 15) is 9.90 Å². The molecule has 1 saturated heterocycles. The molecule has 0 radical (unpaired) electrons. The zero-order chi connectivity index (χ0) is 12.8. The molecule has 0 saturated carbocycles. The maximum Gasteiger partial charge on any atom is 0.319 e. The predicted molar refractivity (Wildman–Crippen MR) is 70.8 cm³/mol. The van der Waals surface area contributed by atoms with Crippen LogP contribution in [0.2, 0.25) is 0 Å². The fraction of sp³-hybridized carbons (Fsp3) is 0.462. The normalized spacial score (nSPS) is 19.2. The zero-order valence-corrected chi connectivity index (χ0v) is 10.3. The van der Waals surface area contributed by atoms with E-state index in [4.69, 9.17) is 0 Å². The van der Waals surface area contributed by atoms with Gasteiger partial charge in [-0.15, -0.1) is 0 Å². The van der Waals surface area contributed by atoms with Gasteiger partial charge in [-0.2, -0.15) is 0 Å². The smallest absolute Gasteiger partial charge is 0.319 e. The summed E-state index contributed by atoms with van der Waals surface area (Å²) in [5.74, 6) is 0.141. The van der Waals surface area contributed by atoms with Crippen LogP contribution in [0.25, 0.3) is 0 Å². The van der Waals surface area contributed by atoms with E-state index in [-0.39, 0.29) is 11.8 Å². The Bertz CT molecular complexity index is 403. The first-order valence-corrected chi connectivity index (χ1v) is 6.31. The lowest BCUT2D eigenvalue weighted by Gasteiger charge is -2.23. The lowest BCUT2D eigenvalue weighted by atomic mass is 10.1. The van der Waals surface area contributed by atoms with Gasteiger partial charge in [0.25, 0.3) is 0 Å². The molecule has 0 aliphatic carbocycles. The minimum atomic E-state index is -0.243. The van der Waals surface area contributed by atoms with Gasteiger partial charge in [-0.05, 0) is 31.5 Å². The van der Waals surface area contributed by atoms with Crippen molar-refractivity contribution in [3.63, 3.8) is 0 Å². The number of anilines is 1. The number of phenols is 1. The Morgan fingerprint density at radius 3 is 3.06 bits per heavy atom. The highest BCUT2D eigenvalue weighted by molar-refractivity contribution is 5.89. The number of amides is 2. The molecule has 1 unspecified atom stereocenters. The SMILES string of the molecule is O=C(NCC1CCCCN1)Nc1cccc(O)c1. The van der Waals surface area contributed by atoms with Crippen molar-refractivity contribution in [2.24, 2.45) is 0 Å². The number of nitrogens with one attached hydrogen (secondary N) is 3. The lowest BCUT2D eigenvalue weighted by molar-refractivity contribution is 0.249. The highest BCUT2D eigenvalue weighted by Gasteiger charge is 2.13. The molecule has 0 aromatic heterocycles. The van der Waals surface area contributed by atoms with E-state index in [0.717, 1.165) is 13.0 Å². The molecular formula is C13H19N3O2. The van der Waals surface area contributed by atoms with E-state index < -0.39 is 0 Å². The summed E-state index contributed by atoms with van der Waals surface area (Å²) in [7, 11) is 0. The van der Waals surface area contributed by atoms with Crippen molar-refractivity contribution in [2.45, 2.75) is 25.3 Å². The molecule has 0 bridgehead atoms. The fourth-order valence-corrected chi connectivity index (χ4v) is 2.07. The third-order valence-electron chi connectivity index (χ3n) is 3.03. The zero-order valence-electron chi connectivity index (χ0n) is 10.3. The Kier molecular flexibility index (Phi) is 4.41. The van der Waals surface area contributed by atoms with Gasteiger partial charge in [-0.3, -0.25) is 0 Å². The second-order valence-corrected chi connectivity index (χ2v) is 4.53. The molecule has 1 aromatic rings. The van der Waals surface area contributed by atoms with Crippen LogP contribution in [0.5, 0.6) is 5.75 Å². The van der Waals surface area contributed by atoms with Crippen LogP contribution in [0.1, 0.15) is 19.3 Å². The van der Waals surface area contributed by atoms with Gasteiger partial charge in [0.15, 0.2) is 0 Å². The van der Waals surface area contributed by atoms with Gasteiger partial charge in [0, 0.05) is 24.3 Å². The summed E-state index contributed by atoms with van der Waals surface area (Å²) >= 11 is 0. The number of piperidine rings is 1. The Labute approximate surface area is 107 Å². The fourth-order valence-electron chi connectivity index (χ4n) is 2.07. The number of hydrogen-bond acceptors (Lipinski definition) is 3. The summed E-state index contributed by atoms with van der Waals surface area (Å²) in [5.41, 5.74) is 0.587. The number of aromatic hydroxyl groups is 1. The standard InChI is InChI=1S/C13H19N3O2/c17-12-6-3-5-10(8-12)16-13(18)15-9-11-4-1-2-7-14-11/h3,5-6,8,11,14,17H,1-2,4,7,9H2,(H2,15,16,18). The van der Waals surface area contributed by atoms with E-state index in [1.54, 1.807) is 18.2 Å². The number of urea groups is 1. The van der Waals surface area contributed by atoms with Crippen LogP contribution in [-0.4, -0.2) is 30.3 Å². The second-order valence-electron chi connectivity index (χ2n) is 4.53. The van der Waals surface area contributed by atoms with E-state index in [1.807, 2.05) is 0 Å². The van der Waals surface area contributed by atoms with Crippen molar-refractivity contribution < 1.29 is 9.90 Å². The molecule has 1 aliphatic heterocycles. The summed E-state index contributed by atoms with van der Waals surface area (Å²) in [6.07, 6.45) is 3.53. The number of carbonyl (C=O) groups excluding carboxylic acids is 1. The summed E-state index contributed by atoms with van der Waals surface area (Å²) in [5, 5.41) is 18.2. The summed E-state index contributed by atoms with van der Waals surface area (Å²) < 4.78 is 0. The molecule has 1 aliphatic rings. The minimum Gasteiger partial charge on any atom is -0.508 e. The largest absolute Gasteiger partial charge is 0.508 e. The van der Waals surface area contributed by atoms with E-state index in [2.05, 4.69) is 16.0 Å². The minimum absolute atomic E-state index is 0.141. The topological polar surface area (TPSA) is 73.4 Å². The highest BCUT2D eigenvalue weighted by atomic mass is 16.3. The van der Waals surface area contributed by atoms with Crippen molar-refractivity contribution in [3.05, 3.63) is 24.3 Å². The van der Waals surface area contributed by atoms with E-state index >= 15 is 0 Å². The molecule has 5 heteroatoms. The van der Waals surface area contributed by atoms with Crippen LogP contribution in [0, 0.1) is 0 Å². The van der Waals surface area contributed by atoms with Gasteiger partial charge in [-0.1, -0.05) is 12.5 Å². The maximum absolute atomic E-state index is 11.6. The van der Waals surface area contributed by atoms with E-state index in [0.29, 0.717) is 18.3 Å². The number of carbonyl (C=O) groups is 1. The Morgan fingerprint density at radius 2 is 2.33 bits per heavy atom. The maximum atomic E-state index is 11.6. The number of benzene rings is 1. The van der Waals surface area contributed by atoms with Crippen molar-refractivity contribution in [1.29, 1.82) is 0 Å². The molecular weight excluding hydrogens is 230 g/mol. The van der Waals surface area contributed by atoms with Gasteiger partial charge in [0.2, 0.25) is 0 Å². The summed E-state index contributed by atoms with van der Waals surface area (Å²) in [4.78, 5) is 11.6. The van der Waals surface area contributed by atoms with Gasteiger partial charge in [0.1, 0.15) is 5.75 Å². The third-order valence-corrected chi connectivity index (χ3v) is 3.03. The first-order chi connectivity index (χ1) is 8.74. The summed E-state index contributed by atoms with van der Waals surface area (Å²) in [6.45, 7) is 1.66. The Morgan fingerprint density at radius 1 is 1.44 bits per heavy atom. The van der Waals surface area contributed by atoms with E-state index in [1.165, 1.54) is 18.9 Å². The molecule has 5 nitrogen and oxygen atoms in total. The average Bonchev–Trinajstić information content (AvgIpc) is 2.38. The molecule has 18 heavy (non-hydrogen) atoms. The van der Waals surface area contributed by atoms with Crippen LogP contribution in [0.3, 0.4) is 0 Å². The predicted octanol–water partition coefficient (Wildman–Crippen LogP) is 1.66. The van der Waals surface area contributed by atoms with Crippen molar-refractivity contribution in [3.8, 4) is 5.75 Å². The van der Waals surface area contributed by atoms with Gasteiger partial charge in [0.05, 0.1) is 0 Å². The monoisotopic (exact) mass is 249 g/mol. The van der Waals surface area contributed by atoms with Crippen molar-refractivity contribution >= 4 is 11.7 Å². The molecule has 1 heterocycles. The van der Waals surface area contributed by atoms with Crippen LogP contribution in [0.15, 0.2) is 24.3 Å². The number of hydrogen-bond donors (Lipinski definition) is 4. The molecule has 2 rings (SSSR count). The molecule has 1 aromatic carbocycles. The summed E-state index contributed by atoms with van der Waals surface area (Å²) in [6, 6.07) is 6.63. The molecule has 4 N–H and O–H groups in total. The molecule has 98 valence electrons. The van der Waals surface area contributed by atoms with Crippen LogP contribution >= 0.6 is 0 Å². The van der Waals surface area contributed by atoms with Gasteiger partial charge in [-0.25, -0.2) is 4.79 Å². The van der Waals surface area contributed by atoms with Crippen LogP contribution < -0.4 is 16.0 Å². The second kappa shape index (κ2) is 6.26. The number of rotatable bonds is 3. The van der Waals surface area contributed by atoms with Crippen LogP contribution in [0.4, 0.5) is 10.5 Å². The van der Waals surface area contributed by atoms with Crippen LogP contribution in [-0.2, 0) is 0 Å². The quantitative estimate of drug-likeness (QED) is 0.658. The first-order valence-electron chi connectivity index (χ1n) is 6.31. The molecule has 2 amide bonds. The highest BCUT2D eigenvalue weighted by Crippen LogP contribution is 2.15. The van der Waals surface area contributed by atoms with Gasteiger partial charge >= 0.3 is 6.03 Å². The van der Waals surface area contributed by atoms with Crippen molar-refractivity contribution in [1.82, 2.24) is 10.6 Å². The average molecular weight is 249 g/mol. The third kappa shape index (κ3) is 3.92. The molecule has 1 atom stereocenters. The number of phenolic OH excluding ortho intramolecular Hbond substituents is 1. The Balaban J connectivity index is 1.74. The van der Waals surface area contributed by atoms with Crippen molar-refractivity contribution in [2.75, 3.05) is 18.4 Å².